The van der Waals surface area contributed by atoms with Gasteiger partial charge in [-0.2, -0.15) is 0 Å². The van der Waals surface area contributed by atoms with Crippen molar-refractivity contribution in [3.8, 4) is 0 Å². The normalized spacial score (nSPS) is 16.8. The molecule has 0 unspecified atom stereocenters. The van der Waals surface area contributed by atoms with Crippen LogP contribution in [0.3, 0.4) is 0 Å². The number of hydrogen-bond acceptors (Lipinski definition) is 6. The van der Waals surface area contributed by atoms with E-state index in [2.05, 4.69) is 20.0 Å². The molecule has 7 nitrogen and oxygen atoms in total. The molecule has 0 aromatic carbocycles. The monoisotopic (exact) mass is 307 g/mol. The zero-order valence-electron chi connectivity index (χ0n) is 12.6. The maximum Gasteiger partial charge on any atom is 0.341 e. The van der Waals surface area contributed by atoms with Crippen molar-refractivity contribution in [2.75, 3.05) is 12.4 Å². The SMILES string of the molecule is COC(=O)c1cnc(N[C@H](CC2CCCCC2)C(=O)O)nc1. The van der Waals surface area contributed by atoms with E-state index in [0.717, 1.165) is 12.8 Å². The van der Waals surface area contributed by atoms with Gasteiger partial charge in [-0.3, -0.25) is 0 Å². The van der Waals surface area contributed by atoms with E-state index in [1.165, 1.54) is 38.8 Å². The molecule has 1 saturated carbocycles. The van der Waals surface area contributed by atoms with Crippen LogP contribution in [0, 0.1) is 5.92 Å². The minimum absolute atomic E-state index is 0.205. The third-order valence-electron chi connectivity index (χ3n) is 3.97. The number of carboxylic acid groups (broad SMARTS) is 1. The number of aliphatic carboxylic acids is 1. The zero-order valence-corrected chi connectivity index (χ0v) is 12.6. The van der Waals surface area contributed by atoms with Crippen molar-refractivity contribution in [1.29, 1.82) is 0 Å². The fourth-order valence-electron chi connectivity index (χ4n) is 2.76. The highest BCUT2D eigenvalue weighted by molar-refractivity contribution is 5.88. The lowest BCUT2D eigenvalue weighted by molar-refractivity contribution is -0.138. The first-order valence-electron chi connectivity index (χ1n) is 7.50. The molecule has 7 heteroatoms. The summed E-state index contributed by atoms with van der Waals surface area (Å²) in [6.07, 6.45) is 8.93. The lowest BCUT2D eigenvalue weighted by Crippen LogP contribution is -2.33. The highest BCUT2D eigenvalue weighted by atomic mass is 16.5. The van der Waals surface area contributed by atoms with E-state index in [0.29, 0.717) is 12.3 Å². The Kier molecular flexibility index (Phi) is 5.68. The van der Waals surface area contributed by atoms with Crippen molar-refractivity contribution in [3.05, 3.63) is 18.0 Å². The minimum Gasteiger partial charge on any atom is -0.480 e. The number of esters is 1. The van der Waals surface area contributed by atoms with Gasteiger partial charge < -0.3 is 15.2 Å². The molecule has 1 aliphatic rings. The summed E-state index contributed by atoms with van der Waals surface area (Å²) in [5, 5.41) is 12.2. The van der Waals surface area contributed by atoms with Crippen molar-refractivity contribution in [2.24, 2.45) is 5.92 Å². The topological polar surface area (TPSA) is 101 Å². The number of methoxy groups -OCH3 is 1. The molecule has 0 spiro atoms. The number of hydrogen-bond donors (Lipinski definition) is 2. The number of carbonyl (C=O) groups excluding carboxylic acids is 1. The van der Waals surface area contributed by atoms with Crippen molar-refractivity contribution < 1.29 is 19.4 Å². The van der Waals surface area contributed by atoms with Gasteiger partial charge in [0.05, 0.1) is 12.7 Å². The van der Waals surface area contributed by atoms with Crippen LogP contribution in [0.5, 0.6) is 0 Å². The molecular formula is C15H21N3O4. The lowest BCUT2D eigenvalue weighted by atomic mass is 9.85. The third-order valence-corrected chi connectivity index (χ3v) is 3.97. The van der Waals surface area contributed by atoms with Crippen LogP contribution in [0.25, 0.3) is 0 Å². The first-order chi connectivity index (χ1) is 10.6. The second-order valence-corrected chi connectivity index (χ2v) is 5.56. The molecule has 0 saturated heterocycles. The van der Waals surface area contributed by atoms with Crippen molar-refractivity contribution in [3.63, 3.8) is 0 Å². The molecule has 22 heavy (non-hydrogen) atoms. The Morgan fingerprint density at radius 1 is 1.32 bits per heavy atom. The maximum atomic E-state index is 11.4. The molecule has 1 aliphatic carbocycles. The van der Waals surface area contributed by atoms with Gasteiger partial charge in [-0.05, 0) is 12.3 Å². The predicted molar refractivity (Wildman–Crippen MR) is 79.6 cm³/mol. The highest BCUT2D eigenvalue weighted by Gasteiger charge is 2.24. The molecule has 2 rings (SSSR count). The molecule has 1 atom stereocenters. The summed E-state index contributed by atoms with van der Waals surface area (Å²) >= 11 is 0. The second kappa shape index (κ2) is 7.72. The van der Waals surface area contributed by atoms with Gasteiger partial charge in [-0.1, -0.05) is 32.1 Å². The second-order valence-electron chi connectivity index (χ2n) is 5.56. The van der Waals surface area contributed by atoms with Crippen LogP contribution in [0.4, 0.5) is 5.95 Å². The number of anilines is 1. The van der Waals surface area contributed by atoms with E-state index in [1.54, 1.807) is 0 Å². The van der Waals surface area contributed by atoms with E-state index in [9.17, 15) is 14.7 Å². The number of ether oxygens (including phenoxy) is 1. The van der Waals surface area contributed by atoms with Gasteiger partial charge in [0, 0.05) is 12.4 Å². The van der Waals surface area contributed by atoms with Crippen LogP contribution in [-0.4, -0.2) is 40.2 Å². The van der Waals surface area contributed by atoms with Gasteiger partial charge in [0.25, 0.3) is 0 Å². The summed E-state index contributed by atoms with van der Waals surface area (Å²) in [5.41, 5.74) is 0.229. The number of carboxylic acids is 1. The number of rotatable bonds is 6. The van der Waals surface area contributed by atoms with Gasteiger partial charge in [0.1, 0.15) is 6.04 Å². The Morgan fingerprint density at radius 3 is 2.50 bits per heavy atom. The average Bonchev–Trinajstić information content (AvgIpc) is 2.55. The van der Waals surface area contributed by atoms with Crippen LogP contribution in [-0.2, 0) is 9.53 Å². The van der Waals surface area contributed by atoms with Crippen LogP contribution in [0.2, 0.25) is 0 Å². The maximum absolute atomic E-state index is 11.4. The van der Waals surface area contributed by atoms with E-state index < -0.39 is 18.0 Å². The molecule has 0 radical (unpaired) electrons. The van der Waals surface area contributed by atoms with E-state index in [1.807, 2.05) is 0 Å². The van der Waals surface area contributed by atoms with Crippen LogP contribution >= 0.6 is 0 Å². The highest BCUT2D eigenvalue weighted by Crippen LogP contribution is 2.28. The molecule has 0 amide bonds. The Labute approximate surface area is 129 Å². The zero-order chi connectivity index (χ0) is 15.9. The van der Waals surface area contributed by atoms with E-state index in [4.69, 9.17) is 0 Å². The summed E-state index contributed by atoms with van der Waals surface area (Å²) in [6, 6.07) is -0.716. The largest absolute Gasteiger partial charge is 0.480 e. The van der Waals surface area contributed by atoms with Crippen molar-refractivity contribution in [2.45, 2.75) is 44.6 Å². The van der Waals surface area contributed by atoms with E-state index >= 15 is 0 Å². The smallest absolute Gasteiger partial charge is 0.341 e. The molecule has 120 valence electrons. The Bertz CT molecular complexity index is 512. The summed E-state index contributed by atoms with van der Waals surface area (Å²) in [4.78, 5) is 30.7. The average molecular weight is 307 g/mol. The molecule has 0 bridgehead atoms. The number of carbonyl (C=O) groups is 2. The van der Waals surface area contributed by atoms with Crippen LogP contribution in [0.1, 0.15) is 48.9 Å². The first kappa shape index (κ1) is 16.2. The molecule has 1 aromatic rings. The summed E-state index contributed by atoms with van der Waals surface area (Å²) < 4.78 is 4.56. The van der Waals surface area contributed by atoms with Gasteiger partial charge in [0.15, 0.2) is 0 Å². The quantitative estimate of drug-likeness (QED) is 0.776. The van der Waals surface area contributed by atoms with Gasteiger partial charge in [0.2, 0.25) is 5.95 Å². The van der Waals surface area contributed by atoms with Gasteiger partial charge >= 0.3 is 11.9 Å². The van der Waals surface area contributed by atoms with E-state index in [-0.39, 0.29) is 11.5 Å². The molecule has 2 N–H and O–H groups in total. The molecule has 1 fully saturated rings. The van der Waals surface area contributed by atoms with Crippen LogP contribution in [0.15, 0.2) is 12.4 Å². The molecule has 1 aromatic heterocycles. The fourth-order valence-corrected chi connectivity index (χ4v) is 2.76. The third kappa shape index (κ3) is 4.41. The molecule has 0 aliphatic heterocycles. The minimum atomic E-state index is -0.911. The predicted octanol–water partition coefficient (Wildman–Crippen LogP) is 2.10. The number of nitrogens with one attached hydrogen (secondary N) is 1. The van der Waals surface area contributed by atoms with Gasteiger partial charge in [-0.15, -0.1) is 0 Å². The first-order valence-corrected chi connectivity index (χ1v) is 7.50. The number of aromatic nitrogens is 2. The molecular weight excluding hydrogens is 286 g/mol. The molecule has 1 heterocycles. The standard InChI is InChI=1S/C15H21N3O4/c1-22-14(21)11-8-16-15(17-9-11)18-12(13(19)20)7-10-5-3-2-4-6-10/h8-10,12H,2-7H2,1H3,(H,19,20)(H,16,17,18)/t12-/m1/s1. The lowest BCUT2D eigenvalue weighted by Gasteiger charge is -2.25. The Hall–Kier alpha value is -2.18. The Morgan fingerprint density at radius 2 is 1.95 bits per heavy atom. The van der Waals surface area contributed by atoms with Gasteiger partial charge in [-0.25, -0.2) is 19.6 Å². The van der Waals surface area contributed by atoms with Crippen LogP contribution < -0.4 is 5.32 Å². The van der Waals surface area contributed by atoms with Crippen molar-refractivity contribution in [1.82, 2.24) is 9.97 Å². The summed E-state index contributed by atoms with van der Waals surface area (Å²) in [5.74, 6) is -0.803. The van der Waals surface area contributed by atoms with Crippen molar-refractivity contribution >= 4 is 17.9 Å². The number of nitrogens with zero attached hydrogens (tertiary/aromatic N) is 2. The Balaban J connectivity index is 1.98. The fraction of sp³-hybridized carbons (Fsp3) is 0.600. The summed E-state index contributed by atoms with van der Waals surface area (Å²) in [6.45, 7) is 0. The summed E-state index contributed by atoms with van der Waals surface area (Å²) in [7, 11) is 1.28.